The zero-order valence-corrected chi connectivity index (χ0v) is 16.6. The maximum absolute atomic E-state index is 11.8. The van der Waals surface area contributed by atoms with E-state index in [1.165, 1.54) is 18.5 Å². The predicted molar refractivity (Wildman–Crippen MR) is 108 cm³/mol. The maximum Gasteiger partial charge on any atom is 0.108 e. The van der Waals surface area contributed by atoms with E-state index in [0.717, 1.165) is 62.6 Å². The van der Waals surface area contributed by atoms with Gasteiger partial charge in [0.25, 0.3) is 0 Å². The second kappa shape index (κ2) is 7.74. The van der Waals surface area contributed by atoms with Crippen LogP contribution in [0, 0.1) is 6.92 Å². The van der Waals surface area contributed by atoms with Crippen LogP contribution < -0.4 is 0 Å². The molecule has 0 spiro atoms. The van der Waals surface area contributed by atoms with Crippen molar-refractivity contribution < 1.29 is 5.11 Å². The molecule has 146 valence electrons. The van der Waals surface area contributed by atoms with Crippen molar-refractivity contribution in [2.45, 2.75) is 57.7 Å². The molecule has 0 unspecified atom stereocenters. The lowest BCUT2D eigenvalue weighted by atomic mass is 9.79. The van der Waals surface area contributed by atoms with Crippen molar-refractivity contribution in [3.63, 3.8) is 0 Å². The number of rotatable bonds is 5. The summed E-state index contributed by atoms with van der Waals surface area (Å²) in [6.45, 7) is 9.07. The molecule has 2 aromatic rings. The molecule has 5 nitrogen and oxygen atoms in total. The lowest BCUT2D eigenvalue weighted by Gasteiger charge is -2.48. The van der Waals surface area contributed by atoms with Crippen LogP contribution in [0.4, 0.5) is 0 Å². The lowest BCUT2D eigenvalue weighted by molar-refractivity contribution is -0.0961. The lowest BCUT2D eigenvalue weighted by Crippen LogP contribution is -2.60. The molecule has 5 heteroatoms. The van der Waals surface area contributed by atoms with Crippen molar-refractivity contribution in [3.05, 3.63) is 53.1 Å². The van der Waals surface area contributed by atoms with Crippen LogP contribution in [0.2, 0.25) is 0 Å². The van der Waals surface area contributed by atoms with Crippen LogP contribution >= 0.6 is 0 Å². The molecule has 2 N–H and O–H groups in total. The van der Waals surface area contributed by atoms with Crippen molar-refractivity contribution in [1.29, 1.82) is 0 Å². The Morgan fingerprint density at radius 1 is 1.19 bits per heavy atom. The molecule has 4 rings (SSSR count). The van der Waals surface area contributed by atoms with Gasteiger partial charge in [-0.05, 0) is 44.8 Å². The summed E-state index contributed by atoms with van der Waals surface area (Å²) in [5.41, 5.74) is 2.62. The molecule has 1 aromatic carbocycles. The highest BCUT2D eigenvalue weighted by atomic mass is 16.3. The molecule has 0 saturated carbocycles. The first-order chi connectivity index (χ1) is 13.1. The second-order valence-corrected chi connectivity index (χ2v) is 8.14. The average Bonchev–Trinajstić information content (AvgIpc) is 3.34. The SMILES string of the molecule is CCc1nc(CN2CC[C@](O)(c3ccccc3)[C@H](N3CCCC3)C2)c(C)[nH]1. The molecule has 0 amide bonds. The first kappa shape index (κ1) is 18.7. The van der Waals surface area contributed by atoms with Gasteiger partial charge in [0.1, 0.15) is 11.4 Å². The molecule has 2 saturated heterocycles. The number of aryl methyl sites for hydroxylation is 2. The van der Waals surface area contributed by atoms with E-state index in [2.05, 4.69) is 40.8 Å². The highest BCUT2D eigenvalue weighted by molar-refractivity contribution is 5.26. The van der Waals surface area contributed by atoms with Crippen molar-refractivity contribution in [2.75, 3.05) is 26.2 Å². The van der Waals surface area contributed by atoms with Crippen LogP contribution in [0.3, 0.4) is 0 Å². The number of hydrogen-bond acceptors (Lipinski definition) is 4. The normalized spacial score (nSPS) is 27.3. The summed E-state index contributed by atoms with van der Waals surface area (Å²) >= 11 is 0. The third kappa shape index (κ3) is 3.68. The molecule has 3 heterocycles. The van der Waals surface area contributed by atoms with Gasteiger partial charge in [0.05, 0.1) is 11.7 Å². The first-order valence-electron chi connectivity index (χ1n) is 10.4. The van der Waals surface area contributed by atoms with E-state index in [9.17, 15) is 5.11 Å². The number of hydrogen-bond donors (Lipinski definition) is 2. The molecule has 0 bridgehead atoms. The fourth-order valence-corrected chi connectivity index (χ4v) is 4.76. The number of H-pyrrole nitrogens is 1. The van der Waals surface area contributed by atoms with Gasteiger partial charge in [-0.3, -0.25) is 9.80 Å². The zero-order chi connectivity index (χ0) is 18.9. The molecule has 0 aliphatic carbocycles. The largest absolute Gasteiger partial charge is 0.383 e. The van der Waals surface area contributed by atoms with E-state index in [1.807, 2.05) is 18.2 Å². The van der Waals surface area contributed by atoms with Gasteiger partial charge in [-0.25, -0.2) is 4.98 Å². The Bertz CT molecular complexity index is 753. The quantitative estimate of drug-likeness (QED) is 0.852. The van der Waals surface area contributed by atoms with E-state index < -0.39 is 5.60 Å². The Morgan fingerprint density at radius 3 is 2.59 bits per heavy atom. The summed E-state index contributed by atoms with van der Waals surface area (Å²) in [5.74, 6) is 1.07. The molecule has 2 atom stereocenters. The zero-order valence-electron chi connectivity index (χ0n) is 16.6. The summed E-state index contributed by atoms with van der Waals surface area (Å²) in [6, 6.07) is 10.4. The van der Waals surface area contributed by atoms with Gasteiger partial charge in [-0.15, -0.1) is 0 Å². The molecular weight excluding hydrogens is 336 g/mol. The van der Waals surface area contributed by atoms with Crippen LogP contribution in [0.1, 0.15) is 49.0 Å². The van der Waals surface area contributed by atoms with Crippen LogP contribution in [-0.2, 0) is 18.6 Å². The van der Waals surface area contributed by atoms with Crippen molar-refractivity contribution in [2.24, 2.45) is 0 Å². The van der Waals surface area contributed by atoms with Crippen molar-refractivity contribution >= 4 is 0 Å². The van der Waals surface area contributed by atoms with Gasteiger partial charge in [-0.1, -0.05) is 37.3 Å². The maximum atomic E-state index is 11.8. The molecule has 27 heavy (non-hydrogen) atoms. The fourth-order valence-electron chi connectivity index (χ4n) is 4.76. The van der Waals surface area contributed by atoms with E-state index >= 15 is 0 Å². The third-order valence-corrected chi connectivity index (χ3v) is 6.39. The Hall–Kier alpha value is -1.69. The summed E-state index contributed by atoms with van der Waals surface area (Å²) in [4.78, 5) is 13.1. The number of nitrogens with zero attached hydrogens (tertiary/aromatic N) is 3. The fraction of sp³-hybridized carbons (Fsp3) is 0.591. The Balaban J connectivity index is 1.56. The van der Waals surface area contributed by atoms with Crippen molar-refractivity contribution in [3.8, 4) is 0 Å². The Labute approximate surface area is 162 Å². The van der Waals surface area contributed by atoms with Gasteiger partial charge in [0, 0.05) is 31.7 Å². The van der Waals surface area contributed by atoms with Crippen LogP contribution in [-0.4, -0.2) is 57.1 Å². The van der Waals surface area contributed by atoms with Crippen LogP contribution in [0.25, 0.3) is 0 Å². The predicted octanol–water partition coefficient (Wildman–Crippen LogP) is 2.84. The van der Waals surface area contributed by atoms with E-state index in [1.54, 1.807) is 0 Å². The average molecular weight is 369 g/mol. The number of nitrogens with one attached hydrogen (secondary N) is 1. The summed E-state index contributed by atoms with van der Waals surface area (Å²) in [5, 5.41) is 11.8. The van der Waals surface area contributed by atoms with E-state index in [-0.39, 0.29) is 6.04 Å². The first-order valence-corrected chi connectivity index (χ1v) is 10.4. The van der Waals surface area contributed by atoms with Gasteiger partial charge in [0.15, 0.2) is 0 Å². The highest BCUT2D eigenvalue weighted by Crippen LogP contribution is 2.37. The van der Waals surface area contributed by atoms with Gasteiger partial charge < -0.3 is 10.1 Å². The number of benzene rings is 1. The summed E-state index contributed by atoms with van der Waals surface area (Å²) < 4.78 is 0. The van der Waals surface area contributed by atoms with Gasteiger partial charge in [0.2, 0.25) is 0 Å². The summed E-state index contributed by atoms with van der Waals surface area (Å²) in [7, 11) is 0. The van der Waals surface area contributed by atoms with Crippen LogP contribution in [0.15, 0.2) is 30.3 Å². The Morgan fingerprint density at radius 2 is 1.93 bits per heavy atom. The molecule has 2 aliphatic heterocycles. The number of likely N-dealkylation sites (tertiary alicyclic amines) is 2. The second-order valence-electron chi connectivity index (χ2n) is 8.14. The standard InChI is InChI=1S/C22H32N4O/c1-3-21-23-17(2)19(24-21)15-25-14-11-22(27,18-9-5-4-6-10-18)20(16-25)26-12-7-8-13-26/h4-6,9-10,20,27H,3,7-8,11-16H2,1-2H3,(H,23,24)/t20-,22+/m1/s1. The molecule has 0 radical (unpaired) electrons. The molecule has 2 aliphatic rings. The monoisotopic (exact) mass is 368 g/mol. The van der Waals surface area contributed by atoms with Crippen LogP contribution in [0.5, 0.6) is 0 Å². The number of piperidine rings is 1. The van der Waals surface area contributed by atoms with Crippen molar-refractivity contribution in [1.82, 2.24) is 19.8 Å². The molecule has 2 fully saturated rings. The Kier molecular flexibility index (Phi) is 5.35. The van der Waals surface area contributed by atoms with Gasteiger partial charge >= 0.3 is 0 Å². The number of aromatic nitrogens is 2. The van der Waals surface area contributed by atoms with Gasteiger partial charge in [-0.2, -0.15) is 0 Å². The summed E-state index contributed by atoms with van der Waals surface area (Å²) in [6.07, 6.45) is 4.17. The number of imidazole rings is 1. The smallest absolute Gasteiger partial charge is 0.108 e. The third-order valence-electron chi connectivity index (χ3n) is 6.39. The molecular formula is C22H32N4O. The number of aliphatic hydroxyl groups is 1. The minimum absolute atomic E-state index is 0.140. The highest BCUT2D eigenvalue weighted by Gasteiger charge is 2.46. The minimum atomic E-state index is -0.767. The van der Waals surface area contributed by atoms with E-state index in [0.29, 0.717) is 0 Å². The molecule has 1 aromatic heterocycles. The topological polar surface area (TPSA) is 55.4 Å². The number of aromatic amines is 1. The minimum Gasteiger partial charge on any atom is -0.383 e. The van der Waals surface area contributed by atoms with E-state index in [4.69, 9.17) is 4.98 Å².